The number of halogens is 1. The normalized spacial score (nSPS) is 14.9. The molecule has 0 spiro atoms. The minimum Gasteiger partial charge on any atom is -0.382 e. The van der Waals surface area contributed by atoms with E-state index in [2.05, 4.69) is 15.5 Å². The molecule has 0 bridgehead atoms. The van der Waals surface area contributed by atoms with Gasteiger partial charge in [0.25, 0.3) is 10.0 Å². The zero-order valence-corrected chi connectivity index (χ0v) is 14.5. The Labute approximate surface area is 144 Å². The van der Waals surface area contributed by atoms with Gasteiger partial charge in [-0.15, -0.1) is 5.53 Å². The molecule has 0 saturated carbocycles. The summed E-state index contributed by atoms with van der Waals surface area (Å²) in [6.07, 6.45) is 1.39. The van der Waals surface area contributed by atoms with E-state index in [1.807, 2.05) is 19.9 Å². The largest absolute Gasteiger partial charge is 0.382 e. The SMILES string of the molecule is Cc1cc(C)nc(N2C=C(N)N(S(=O)(=O)c3ccccc3Cl)N2)n1. The highest BCUT2D eigenvalue weighted by Gasteiger charge is 2.34. The fourth-order valence-corrected chi connectivity index (χ4v) is 3.94. The Balaban J connectivity index is 1.95. The molecule has 3 N–H and O–H groups in total. The number of aromatic nitrogens is 2. The highest BCUT2D eigenvalue weighted by Crippen LogP contribution is 2.27. The van der Waals surface area contributed by atoms with Crippen molar-refractivity contribution in [2.45, 2.75) is 18.7 Å². The van der Waals surface area contributed by atoms with Gasteiger partial charge in [-0.2, -0.15) is 12.8 Å². The van der Waals surface area contributed by atoms with Gasteiger partial charge in [0.15, 0.2) is 0 Å². The van der Waals surface area contributed by atoms with E-state index in [1.54, 1.807) is 12.1 Å². The van der Waals surface area contributed by atoms with E-state index in [-0.39, 0.29) is 21.7 Å². The number of hydrazine groups is 2. The Hall–Kier alpha value is -2.36. The number of benzene rings is 1. The van der Waals surface area contributed by atoms with Crippen LogP contribution in [0.2, 0.25) is 5.02 Å². The predicted molar refractivity (Wildman–Crippen MR) is 89.9 cm³/mol. The van der Waals surface area contributed by atoms with Crippen molar-refractivity contribution in [2.75, 3.05) is 5.01 Å². The second kappa shape index (κ2) is 5.93. The maximum atomic E-state index is 12.8. The second-order valence-electron chi connectivity index (χ2n) is 5.17. The number of nitrogens with zero attached hydrogens (tertiary/aromatic N) is 4. The van der Waals surface area contributed by atoms with Gasteiger partial charge in [0.1, 0.15) is 10.7 Å². The first kappa shape index (κ1) is 16.5. The summed E-state index contributed by atoms with van der Waals surface area (Å²) in [5, 5.41) is 1.44. The van der Waals surface area contributed by atoms with Gasteiger partial charge in [-0.05, 0) is 32.0 Å². The second-order valence-corrected chi connectivity index (χ2v) is 7.34. The summed E-state index contributed by atoms with van der Waals surface area (Å²) in [6.45, 7) is 3.64. The third-order valence-corrected chi connectivity index (χ3v) is 5.36. The third-order valence-electron chi connectivity index (χ3n) is 3.24. The van der Waals surface area contributed by atoms with E-state index in [9.17, 15) is 8.42 Å². The quantitative estimate of drug-likeness (QED) is 0.846. The Kier molecular flexibility index (Phi) is 4.08. The minimum absolute atomic E-state index is 0.0299. The molecule has 126 valence electrons. The molecular weight excluding hydrogens is 352 g/mol. The van der Waals surface area contributed by atoms with Crippen LogP contribution >= 0.6 is 11.6 Å². The van der Waals surface area contributed by atoms with Gasteiger partial charge < -0.3 is 5.73 Å². The Morgan fingerprint density at radius 1 is 1.17 bits per heavy atom. The van der Waals surface area contributed by atoms with Crippen molar-refractivity contribution in [3.05, 3.63) is 58.8 Å². The van der Waals surface area contributed by atoms with E-state index in [4.69, 9.17) is 17.3 Å². The number of hydrogen-bond acceptors (Lipinski definition) is 7. The van der Waals surface area contributed by atoms with Crippen molar-refractivity contribution in [2.24, 2.45) is 5.73 Å². The first-order chi connectivity index (χ1) is 11.3. The van der Waals surface area contributed by atoms with Gasteiger partial charge in [0.05, 0.1) is 11.2 Å². The molecule has 10 heteroatoms. The van der Waals surface area contributed by atoms with E-state index in [0.717, 1.165) is 15.8 Å². The van der Waals surface area contributed by atoms with Gasteiger partial charge in [-0.3, -0.25) is 0 Å². The van der Waals surface area contributed by atoms with E-state index >= 15 is 0 Å². The molecule has 1 aliphatic heterocycles. The maximum absolute atomic E-state index is 12.8. The van der Waals surface area contributed by atoms with Crippen LogP contribution in [0.25, 0.3) is 0 Å². The number of aryl methyl sites for hydroxylation is 2. The third kappa shape index (κ3) is 2.88. The van der Waals surface area contributed by atoms with Crippen LogP contribution in [0, 0.1) is 13.8 Å². The lowest BCUT2D eigenvalue weighted by Gasteiger charge is -2.22. The summed E-state index contributed by atoms with van der Waals surface area (Å²) in [5.74, 6) is 0.255. The Morgan fingerprint density at radius 3 is 2.42 bits per heavy atom. The fourth-order valence-electron chi connectivity index (χ4n) is 2.23. The van der Waals surface area contributed by atoms with Crippen LogP contribution < -0.4 is 16.3 Å². The van der Waals surface area contributed by atoms with E-state index < -0.39 is 10.0 Å². The molecule has 24 heavy (non-hydrogen) atoms. The molecular formula is C14H15ClN6O2S. The first-order valence-electron chi connectivity index (χ1n) is 6.94. The van der Waals surface area contributed by atoms with Crippen molar-refractivity contribution < 1.29 is 8.42 Å². The standard InChI is InChI=1S/C14H15ClN6O2S/c1-9-7-10(2)18-14(17-9)20-8-13(16)21(19-20)24(22,23)12-6-4-3-5-11(12)15/h3-8,19H,16H2,1-2H3. The number of nitrogens with two attached hydrogens (primary N) is 1. The molecule has 0 radical (unpaired) electrons. The molecule has 0 amide bonds. The summed E-state index contributed by atoms with van der Waals surface area (Å²) >= 11 is 6.00. The van der Waals surface area contributed by atoms with Crippen molar-refractivity contribution >= 4 is 27.6 Å². The molecule has 1 aromatic carbocycles. The number of anilines is 1. The molecule has 2 heterocycles. The number of sulfonamides is 1. The van der Waals surface area contributed by atoms with Gasteiger partial charge in [-0.25, -0.2) is 15.0 Å². The highest BCUT2D eigenvalue weighted by atomic mass is 35.5. The lowest BCUT2D eigenvalue weighted by atomic mass is 10.4. The van der Waals surface area contributed by atoms with Crippen LogP contribution in [0.3, 0.4) is 0 Å². The number of rotatable bonds is 3. The topological polar surface area (TPSA) is 104 Å². The average molecular weight is 367 g/mol. The Morgan fingerprint density at radius 2 is 1.79 bits per heavy atom. The van der Waals surface area contributed by atoms with Gasteiger partial charge in [-0.1, -0.05) is 23.7 Å². The zero-order valence-electron chi connectivity index (χ0n) is 12.9. The molecule has 3 rings (SSSR count). The minimum atomic E-state index is -3.98. The van der Waals surface area contributed by atoms with E-state index in [1.165, 1.54) is 23.3 Å². The predicted octanol–water partition coefficient (Wildman–Crippen LogP) is 1.43. The van der Waals surface area contributed by atoms with E-state index in [0.29, 0.717) is 0 Å². The van der Waals surface area contributed by atoms with Crippen molar-refractivity contribution in [3.63, 3.8) is 0 Å². The van der Waals surface area contributed by atoms with Crippen molar-refractivity contribution in [3.8, 4) is 0 Å². The van der Waals surface area contributed by atoms with Crippen molar-refractivity contribution in [1.82, 2.24) is 19.9 Å². The number of hydrogen-bond donors (Lipinski definition) is 2. The summed E-state index contributed by atoms with van der Waals surface area (Å²) < 4.78 is 26.4. The highest BCUT2D eigenvalue weighted by molar-refractivity contribution is 7.89. The monoisotopic (exact) mass is 366 g/mol. The summed E-state index contributed by atoms with van der Waals surface area (Å²) in [7, 11) is -3.98. The Bertz CT molecular complexity index is 910. The van der Waals surface area contributed by atoms with Crippen LogP contribution in [-0.2, 0) is 10.0 Å². The molecule has 0 atom stereocenters. The summed E-state index contributed by atoms with van der Waals surface area (Å²) in [6, 6.07) is 7.94. The first-order valence-corrected chi connectivity index (χ1v) is 8.76. The van der Waals surface area contributed by atoms with Crippen LogP contribution in [0.1, 0.15) is 11.4 Å². The van der Waals surface area contributed by atoms with Gasteiger partial charge in [0.2, 0.25) is 5.95 Å². The van der Waals surface area contributed by atoms with Crippen LogP contribution in [0.15, 0.2) is 47.2 Å². The van der Waals surface area contributed by atoms with Crippen LogP contribution in [0.4, 0.5) is 5.95 Å². The smallest absolute Gasteiger partial charge is 0.282 e. The van der Waals surface area contributed by atoms with Gasteiger partial charge >= 0.3 is 0 Å². The molecule has 2 aromatic rings. The number of nitrogens with one attached hydrogen (secondary N) is 1. The van der Waals surface area contributed by atoms with Crippen LogP contribution in [0.5, 0.6) is 0 Å². The van der Waals surface area contributed by atoms with Gasteiger partial charge in [0, 0.05) is 11.4 Å². The molecule has 0 fully saturated rings. The molecule has 1 aromatic heterocycles. The fraction of sp³-hybridized carbons (Fsp3) is 0.143. The summed E-state index contributed by atoms with van der Waals surface area (Å²) in [4.78, 5) is 8.47. The lowest BCUT2D eigenvalue weighted by Crippen LogP contribution is -2.46. The molecule has 0 saturated heterocycles. The lowest BCUT2D eigenvalue weighted by molar-refractivity contribution is 0.402. The van der Waals surface area contributed by atoms with Crippen LogP contribution in [-0.4, -0.2) is 22.8 Å². The molecule has 0 aliphatic carbocycles. The van der Waals surface area contributed by atoms with Crippen molar-refractivity contribution in [1.29, 1.82) is 0 Å². The average Bonchev–Trinajstić information content (AvgIpc) is 2.89. The molecule has 0 unspecified atom stereocenters. The summed E-state index contributed by atoms with van der Waals surface area (Å²) in [5.41, 5.74) is 10.0. The molecule has 8 nitrogen and oxygen atoms in total. The maximum Gasteiger partial charge on any atom is 0.282 e. The zero-order chi connectivity index (χ0) is 17.5. The molecule has 1 aliphatic rings.